The highest BCUT2D eigenvalue weighted by Gasteiger charge is 2.31. The lowest BCUT2D eigenvalue weighted by molar-refractivity contribution is -0.146. The summed E-state index contributed by atoms with van der Waals surface area (Å²) in [5.41, 5.74) is 0.635. The van der Waals surface area contributed by atoms with E-state index in [1.54, 1.807) is 12.1 Å². The molecule has 0 unspecified atom stereocenters. The zero-order valence-electron chi connectivity index (χ0n) is 11.6. The van der Waals surface area contributed by atoms with Crippen LogP contribution in [-0.2, 0) is 16.1 Å². The standard InChI is InChI=1S/C14H19BrFNO2/c1-14(2,3)12(13(18)19-4)17-8-9-5-6-11(16)10(15)7-9/h5-7,12,17H,8H2,1-4H3/t12-/m1/s1. The smallest absolute Gasteiger partial charge is 0.323 e. The van der Waals surface area contributed by atoms with Crippen molar-refractivity contribution in [3.05, 3.63) is 34.1 Å². The van der Waals surface area contributed by atoms with Crippen molar-refractivity contribution in [3.63, 3.8) is 0 Å². The van der Waals surface area contributed by atoms with Crippen LogP contribution in [0.5, 0.6) is 0 Å². The molecule has 106 valence electrons. The Balaban J connectivity index is 2.76. The van der Waals surface area contributed by atoms with Crippen molar-refractivity contribution in [2.24, 2.45) is 5.41 Å². The summed E-state index contributed by atoms with van der Waals surface area (Å²) in [5, 5.41) is 3.16. The number of hydrogen-bond acceptors (Lipinski definition) is 3. The van der Waals surface area contributed by atoms with Crippen LogP contribution in [0, 0.1) is 11.2 Å². The second kappa shape index (κ2) is 6.48. The molecule has 0 aromatic heterocycles. The fourth-order valence-corrected chi connectivity index (χ4v) is 2.16. The van der Waals surface area contributed by atoms with Crippen molar-refractivity contribution in [1.82, 2.24) is 5.32 Å². The molecular formula is C14H19BrFNO2. The number of hydrogen-bond donors (Lipinski definition) is 1. The summed E-state index contributed by atoms with van der Waals surface area (Å²) in [6.07, 6.45) is 0. The summed E-state index contributed by atoms with van der Waals surface area (Å²) in [6.45, 7) is 6.35. The van der Waals surface area contributed by atoms with Gasteiger partial charge in [-0.1, -0.05) is 26.8 Å². The van der Waals surface area contributed by atoms with Crippen molar-refractivity contribution < 1.29 is 13.9 Å². The molecule has 0 bridgehead atoms. The number of carbonyl (C=O) groups excluding carboxylic acids is 1. The Hall–Kier alpha value is -0.940. The second-order valence-corrected chi connectivity index (χ2v) is 6.31. The lowest BCUT2D eigenvalue weighted by Gasteiger charge is -2.29. The molecule has 1 aromatic carbocycles. The maximum absolute atomic E-state index is 13.1. The van der Waals surface area contributed by atoms with E-state index in [1.807, 2.05) is 20.8 Å². The molecule has 0 fully saturated rings. The number of esters is 1. The fourth-order valence-electron chi connectivity index (χ4n) is 1.73. The Morgan fingerprint density at radius 3 is 2.58 bits per heavy atom. The zero-order valence-corrected chi connectivity index (χ0v) is 13.2. The molecule has 0 radical (unpaired) electrons. The number of carbonyl (C=O) groups is 1. The first-order valence-electron chi connectivity index (χ1n) is 6.01. The second-order valence-electron chi connectivity index (χ2n) is 5.45. The average Bonchev–Trinajstić information content (AvgIpc) is 2.31. The Labute approximate surface area is 121 Å². The number of ether oxygens (including phenoxy) is 1. The Bertz CT molecular complexity index is 457. The van der Waals surface area contributed by atoms with Gasteiger partial charge in [-0.25, -0.2) is 4.39 Å². The number of methoxy groups -OCH3 is 1. The van der Waals surface area contributed by atoms with E-state index < -0.39 is 6.04 Å². The van der Waals surface area contributed by atoms with E-state index in [2.05, 4.69) is 21.2 Å². The van der Waals surface area contributed by atoms with Gasteiger partial charge < -0.3 is 4.74 Å². The minimum atomic E-state index is -0.415. The van der Waals surface area contributed by atoms with Gasteiger partial charge in [-0.3, -0.25) is 10.1 Å². The number of halogens is 2. The van der Waals surface area contributed by atoms with Crippen molar-refractivity contribution in [2.45, 2.75) is 33.4 Å². The Morgan fingerprint density at radius 2 is 2.11 bits per heavy atom. The number of nitrogens with one attached hydrogen (secondary N) is 1. The normalized spacial score (nSPS) is 13.2. The van der Waals surface area contributed by atoms with Gasteiger partial charge in [-0.2, -0.15) is 0 Å². The largest absolute Gasteiger partial charge is 0.468 e. The topological polar surface area (TPSA) is 38.3 Å². The van der Waals surface area contributed by atoms with E-state index in [9.17, 15) is 9.18 Å². The molecule has 1 N–H and O–H groups in total. The molecule has 3 nitrogen and oxygen atoms in total. The maximum atomic E-state index is 13.1. The van der Waals surface area contributed by atoms with Crippen LogP contribution < -0.4 is 5.32 Å². The summed E-state index contributed by atoms with van der Waals surface area (Å²) in [7, 11) is 1.37. The Kier molecular flexibility index (Phi) is 5.50. The summed E-state index contributed by atoms with van der Waals surface area (Å²) in [6, 6.07) is 4.36. The summed E-state index contributed by atoms with van der Waals surface area (Å²) >= 11 is 3.14. The maximum Gasteiger partial charge on any atom is 0.323 e. The molecule has 0 spiro atoms. The van der Waals surface area contributed by atoms with Gasteiger partial charge in [0, 0.05) is 6.54 Å². The number of rotatable bonds is 4. The first-order valence-corrected chi connectivity index (χ1v) is 6.80. The van der Waals surface area contributed by atoms with Crippen LogP contribution in [0.4, 0.5) is 4.39 Å². The molecular weight excluding hydrogens is 313 g/mol. The van der Waals surface area contributed by atoms with Crippen molar-refractivity contribution in [3.8, 4) is 0 Å². The van der Waals surface area contributed by atoms with Crippen LogP contribution in [0.3, 0.4) is 0 Å². The molecule has 0 aliphatic carbocycles. The van der Waals surface area contributed by atoms with E-state index in [0.29, 0.717) is 11.0 Å². The van der Waals surface area contributed by atoms with E-state index in [-0.39, 0.29) is 17.2 Å². The van der Waals surface area contributed by atoms with Crippen LogP contribution in [0.15, 0.2) is 22.7 Å². The van der Waals surface area contributed by atoms with E-state index >= 15 is 0 Å². The molecule has 19 heavy (non-hydrogen) atoms. The zero-order chi connectivity index (χ0) is 14.6. The van der Waals surface area contributed by atoms with Crippen LogP contribution >= 0.6 is 15.9 Å². The molecule has 0 aliphatic heterocycles. The first-order chi connectivity index (χ1) is 8.75. The fraction of sp³-hybridized carbons (Fsp3) is 0.500. The highest BCUT2D eigenvalue weighted by Crippen LogP contribution is 2.21. The molecule has 1 atom stereocenters. The first kappa shape index (κ1) is 16.1. The predicted octanol–water partition coefficient (Wildman–Crippen LogP) is 3.27. The molecule has 0 aliphatic rings. The van der Waals surface area contributed by atoms with Gasteiger partial charge >= 0.3 is 5.97 Å². The van der Waals surface area contributed by atoms with Crippen molar-refractivity contribution >= 4 is 21.9 Å². The third kappa shape index (κ3) is 4.58. The molecule has 0 saturated heterocycles. The highest BCUT2D eigenvalue weighted by molar-refractivity contribution is 9.10. The van der Waals surface area contributed by atoms with Crippen LogP contribution in [0.25, 0.3) is 0 Å². The Morgan fingerprint density at radius 1 is 1.47 bits per heavy atom. The molecule has 5 heteroatoms. The SMILES string of the molecule is COC(=O)[C@@H](NCc1ccc(F)c(Br)c1)C(C)(C)C. The highest BCUT2D eigenvalue weighted by atomic mass is 79.9. The summed E-state index contributed by atoms with van der Waals surface area (Å²) in [4.78, 5) is 11.7. The average molecular weight is 332 g/mol. The minimum Gasteiger partial charge on any atom is -0.468 e. The minimum absolute atomic E-state index is 0.260. The number of benzene rings is 1. The monoisotopic (exact) mass is 331 g/mol. The quantitative estimate of drug-likeness (QED) is 0.860. The van der Waals surface area contributed by atoms with Gasteiger partial charge in [-0.05, 0) is 39.0 Å². The molecule has 0 heterocycles. The van der Waals surface area contributed by atoms with Gasteiger partial charge in [0.25, 0.3) is 0 Å². The van der Waals surface area contributed by atoms with Crippen LogP contribution in [0.1, 0.15) is 26.3 Å². The van der Waals surface area contributed by atoms with Crippen molar-refractivity contribution in [2.75, 3.05) is 7.11 Å². The van der Waals surface area contributed by atoms with E-state index in [1.165, 1.54) is 13.2 Å². The predicted molar refractivity (Wildman–Crippen MR) is 76.2 cm³/mol. The molecule has 0 amide bonds. The van der Waals surface area contributed by atoms with E-state index in [0.717, 1.165) is 5.56 Å². The van der Waals surface area contributed by atoms with Crippen LogP contribution in [-0.4, -0.2) is 19.1 Å². The van der Waals surface area contributed by atoms with Gasteiger partial charge in [0.05, 0.1) is 11.6 Å². The van der Waals surface area contributed by atoms with Gasteiger partial charge in [0.15, 0.2) is 0 Å². The molecule has 1 aromatic rings. The van der Waals surface area contributed by atoms with Crippen molar-refractivity contribution in [1.29, 1.82) is 0 Å². The van der Waals surface area contributed by atoms with E-state index in [4.69, 9.17) is 4.74 Å². The summed E-state index contributed by atoms with van der Waals surface area (Å²) in [5.74, 6) is -0.599. The third-order valence-electron chi connectivity index (χ3n) is 2.80. The summed E-state index contributed by atoms with van der Waals surface area (Å²) < 4.78 is 18.3. The lowest BCUT2D eigenvalue weighted by Crippen LogP contribution is -2.46. The molecule has 0 saturated carbocycles. The third-order valence-corrected chi connectivity index (χ3v) is 3.40. The molecule has 1 rings (SSSR count). The van der Waals surface area contributed by atoms with Gasteiger partial charge in [-0.15, -0.1) is 0 Å². The van der Waals surface area contributed by atoms with Gasteiger partial charge in [0.2, 0.25) is 0 Å². The van der Waals surface area contributed by atoms with Crippen LogP contribution in [0.2, 0.25) is 0 Å². The lowest BCUT2D eigenvalue weighted by atomic mass is 9.86. The van der Waals surface area contributed by atoms with Gasteiger partial charge in [0.1, 0.15) is 11.9 Å².